The summed E-state index contributed by atoms with van der Waals surface area (Å²) < 4.78 is 5.18. The predicted octanol–water partition coefficient (Wildman–Crippen LogP) is 1.52. The van der Waals surface area contributed by atoms with Crippen molar-refractivity contribution < 1.29 is 14.6 Å². The van der Waals surface area contributed by atoms with Crippen LogP contribution in [0, 0.1) is 5.92 Å². The molecule has 0 aromatic heterocycles. The highest BCUT2D eigenvalue weighted by Gasteiger charge is 2.22. The van der Waals surface area contributed by atoms with Crippen molar-refractivity contribution in [2.45, 2.75) is 33.3 Å². The van der Waals surface area contributed by atoms with Gasteiger partial charge in [-0.1, -0.05) is 6.92 Å². The topological polar surface area (TPSA) is 46.5 Å². The SMILES string of the molecule is CCOC(C)C(CC)C(=O)O. The zero-order valence-corrected chi connectivity index (χ0v) is 7.33. The van der Waals surface area contributed by atoms with Gasteiger partial charge in [-0.25, -0.2) is 0 Å². The van der Waals surface area contributed by atoms with E-state index >= 15 is 0 Å². The van der Waals surface area contributed by atoms with Crippen molar-refractivity contribution >= 4 is 5.97 Å². The second kappa shape index (κ2) is 5.13. The van der Waals surface area contributed by atoms with Crippen LogP contribution < -0.4 is 0 Å². The Balaban J connectivity index is 3.91. The molecule has 0 aliphatic carbocycles. The maximum Gasteiger partial charge on any atom is 0.309 e. The van der Waals surface area contributed by atoms with Gasteiger partial charge in [0.15, 0.2) is 0 Å². The van der Waals surface area contributed by atoms with Gasteiger partial charge in [0.25, 0.3) is 0 Å². The molecule has 0 bridgehead atoms. The third-order valence-electron chi connectivity index (χ3n) is 1.75. The van der Waals surface area contributed by atoms with Crippen molar-refractivity contribution in [2.75, 3.05) is 6.61 Å². The van der Waals surface area contributed by atoms with Crippen LogP contribution in [0.3, 0.4) is 0 Å². The normalized spacial score (nSPS) is 15.9. The van der Waals surface area contributed by atoms with Crippen molar-refractivity contribution in [1.29, 1.82) is 0 Å². The fraction of sp³-hybridized carbons (Fsp3) is 0.875. The molecular formula is C8H16O3. The number of carboxylic acids is 1. The molecular weight excluding hydrogens is 144 g/mol. The van der Waals surface area contributed by atoms with Crippen LogP contribution in [0.5, 0.6) is 0 Å². The van der Waals surface area contributed by atoms with Crippen LogP contribution in [-0.4, -0.2) is 23.8 Å². The molecule has 0 fully saturated rings. The van der Waals surface area contributed by atoms with Crippen molar-refractivity contribution in [1.82, 2.24) is 0 Å². The molecule has 0 radical (unpaired) electrons. The van der Waals surface area contributed by atoms with Gasteiger partial charge in [0.1, 0.15) is 0 Å². The number of hydrogen-bond donors (Lipinski definition) is 1. The number of carboxylic acid groups (broad SMARTS) is 1. The Bertz CT molecular complexity index is 123. The fourth-order valence-electron chi connectivity index (χ4n) is 1.09. The van der Waals surface area contributed by atoms with E-state index in [0.29, 0.717) is 13.0 Å². The lowest BCUT2D eigenvalue weighted by atomic mass is 10.0. The van der Waals surface area contributed by atoms with E-state index in [-0.39, 0.29) is 12.0 Å². The van der Waals surface area contributed by atoms with Gasteiger partial charge < -0.3 is 9.84 Å². The van der Waals surface area contributed by atoms with E-state index in [9.17, 15) is 4.79 Å². The summed E-state index contributed by atoms with van der Waals surface area (Å²) in [5.74, 6) is -1.14. The Kier molecular flexibility index (Phi) is 4.86. The molecule has 2 atom stereocenters. The molecule has 1 N–H and O–H groups in total. The first-order valence-corrected chi connectivity index (χ1v) is 3.97. The fourth-order valence-corrected chi connectivity index (χ4v) is 1.09. The van der Waals surface area contributed by atoms with Gasteiger partial charge in [0.05, 0.1) is 12.0 Å². The molecule has 0 saturated heterocycles. The second-order valence-corrected chi connectivity index (χ2v) is 2.51. The monoisotopic (exact) mass is 160 g/mol. The van der Waals surface area contributed by atoms with E-state index < -0.39 is 5.97 Å². The Labute approximate surface area is 67.4 Å². The lowest BCUT2D eigenvalue weighted by Crippen LogP contribution is -2.27. The van der Waals surface area contributed by atoms with Crippen LogP contribution in [-0.2, 0) is 9.53 Å². The van der Waals surface area contributed by atoms with Crippen LogP contribution >= 0.6 is 0 Å². The molecule has 0 saturated carbocycles. The van der Waals surface area contributed by atoms with E-state index in [1.165, 1.54) is 0 Å². The largest absolute Gasteiger partial charge is 0.481 e. The molecule has 0 rings (SSSR count). The van der Waals surface area contributed by atoms with Gasteiger partial charge in [0, 0.05) is 6.61 Å². The average molecular weight is 160 g/mol. The molecule has 0 aliphatic rings. The lowest BCUT2D eigenvalue weighted by molar-refractivity contribution is -0.146. The first-order valence-electron chi connectivity index (χ1n) is 3.97. The minimum Gasteiger partial charge on any atom is -0.481 e. The second-order valence-electron chi connectivity index (χ2n) is 2.51. The summed E-state index contributed by atoms with van der Waals surface area (Å²) in [5, 5.41) is 8.69. The molecule has 2 unspecified atom stereocenters. The smallest absolute Gasteiger partial charge is 0.309 e. The lowest BCUT2D eigenvalue weighted by Gasteiger charge is -2.17. The van der Waals surface area contributed by atoms with Crippen molar-refractivity contribution in [2.24, 2.45) is 5.92 Å². The Morgan fingerprint density at radius 3 is 2.36 bits per heavy atom. The molecule has 3 nitrogen and oxygen atoms in total. The molecule has 0 amide bonds. The highest BCUT2D eigenvalue weighted by Crippen LogP contribution is 2.11. The number of aliphatic carboxylic acids is 1. The third kappa shape index (κ3) is 3.37. The van der Waals surface area contributed by atoms with E-state index in [0.717, 1.165) is 0 Å². The van der Waals surface area contributed by atoms with Crippen LogP contribution in [0.25, 0.3) is 0 Å². The zero-order chi connectivity index (χ0) is 8.85. The number of carbonyl (C=O) groups is 1. The van der Waals surface area contributed by atoms with E-state index in [1.807, 2.05) is 13.8 Å². The number of ether oxygens (including phenoxy) is 1. The first kappa shape index (κ1) is 10.4. The number of hydrogen-bond acceptors (Lipinski definition) is 2. The summed E-state index contributed by atoms with van der Waals surface area (Å²) in [4.78, 5) is 10.6. The summed E-state index contributed by atoms with van der Waals surface area (Å²) in [6, 6.07) is 0. The molecule has 0 heterocycles. The first-order chi connectivity index (χ1) is 5.13. The summed E-state index contributed by atoms with van der Waals surface area (Å²) in [5.41, 5.74) is 0. The van der Waals surface area contributed by atoms with Crippen molar-refractivity contribution in [3.05, 3.63) is 0 Å². The van der Waals surface area contributed by atoms with Gasteiger partial charge in [-0.05, 0) is 20.3 Å². The van der Waals surface area contributed by atoms with Crippen LogP contribution in [0.15, 0.2) is 0 Å². The van der Waals surface area contributed by atoms with Crippen LogP contribution in [0.1, 0.15) is 27.2 Å². The quantitative estimate of drug-likeness (QED) is 0.663. The molecule has 11 heavy (non-hydrogen) atoms. The minimum atomic E-state index is -0.770. The highest BCUT2D eigenvalue weighted by atomic mass is 16.5. The Morgan fingerprint density at radius 1 is 1.55 bits per heavy atom. The number of rotatable bonds is 5. The minimum absolute atomic E-state index is 0.178. The van der Waals surface area contributed by atoms with E-state index in [2.05, 4.69) is 0 Å². The average Bonchev–Trinajstić information content (AvgIpc) is 1.88. The third-order valence-corrected chi connectivity index (χ3v) is 1.75. The molecule has 0 aliphatic heterocycles. The Morgan fingerprint density at radius 2 is 2.09 bits per heavy atom. The Hall–Kier alpha value is -0.570. The summed E-state index contributed by atoms with van der Waals surface area (Å²) in [7, 11) is 0. The van der Waals surface area contributed by atoms with Crippen LogP contribution in [0.2, 0.25) is 0 Å². The van der Waals surface area contributed by atoms with Crippen molar-refractivity contribution in [3.8, 4) is 0 Å². The van der Waals surface area contributed by atoms with Gasteiger partial charge in [0.2, 0.25) is 0 Å². The van der Waals surface area contributed by atoms with E-state index in [4.69, 9.17) is 9.84 Å². The van der Waals surface area contributed by atoms with Gasteiger partial charge in [-0.3, -0.25) is 4.79 Å². The zero-order valence-electron chi connectivity index (χ0n) is 7.33. The summed E-state index contributed by atoms with van der Waals surface area (Å²) in [6.07, 6.45) is 0.443. The molecule has 0 aromatic carbocycles. The standard InChI is InChI=1S/C8H16O3/c1-4-7(8(9)10)6(3)11-5-2/h6-7H,4-5H2,1-3H3,(H,9,10). The summed E-state index contributed by atoms with van der Waals surface area (Å²) in [6.45, 7) is 6.09. The van der Waals surface area contributed by atoms with Gasteiger partial charge in [-0.15, -0.1) is 0 Å². The molecule has 66 valence electrons. The highest BCUT2D eigenvalue weighted by molar-refractivity contribution is 5.70. The molecule has 3 heteroatoms. The van der Waals surface area contributed by atoms with Gasteiger partial charge >= 0.3 is 5.97 Å². The summed E-state index contributed by atoms with van der Waals surface area (Å²) >= 11 is 0. The maximum atomic E-state index is 10.6. The molecule has 0 spiro atoms. The van der Waals surface area contributed by atoms with E-state index in [1.54, 1.807) is 6.92 Å². The predicted molar refractivity (Wildman–Crippen MR) is 42.5 cm³/mol. The van der Waals surface area contributed by atoms with Crippen molar-refractivity contribution in [3.63, 3.8) is 0 Å². The van der Waals surface area contributed by atoms with Gasteiger partial charge in [-0.2, -0.15) is 0 Å². The molecule has 0 aromatic rings. The van der Waals surface area contributed by atoms with Crippen LogP contribution in [0.4, 0.5) is 0 Å². The maximum absolute atomic E-state index is 10.6.